The second kappa shape index (κ2) is 7.15. The molecule has 0 radical (unpaired) electrons. The Morgan fingerprint density at radius 2 is 2.10 bits per heavy atom. The first kappa shape index (κ1) is 19.4. The minimum Gasteiger partial charge on any atom is -0.396 e. The molecule has 1 aliphatic rings. The molecule has 7 nitrogen and oxygen atoms in total. The molecule has 1 atom stereocenters. The fourth-order valence-corrected chi connectivity index (χ4v) is 3.77. The van der Waals surface area contributed by atoms with E-state index in [-0.39, 0.29) is 24.1 Å². The number of carbonyl (C=O) groups is 1. The monoisotopic (exact) mass is 393 g/mol. The number of benzene rings is 1. The summed E-state index contributed by atoms with van der Waals surface area (Å²) in [7, 11) is 0. The van der Waals surface area contributed by atoms with Crippen LogP contribution in [0.5, 0.6) is 0 Å². The number of hydrogen-bond donors (Lipinski definition) is 3. The summed E-state index contributed by atoms with van der Waals surface area (Å²) in [5.74, 6) is 0.667. The number of amides is 1. The predicted molar refractivity (Wildman–Crippen MR) is 114 cm³/mol. The highest BCUT2D eigenvalue weighted by Crippen LogP contribution is 2.32. The van der Waals surface area contributed by atoms with Gasteiger partial charge in [-0.2, -0.15) is 0 Å². The van der Waals surface area contributed by atoms with Crippen LogP contribution < -0.4 is 10.6 Å². The molecule has 29 heavy (non-hydrogen) atoms. The number of aliphatic hydroxyl groups excluding tert-OH is 1. The van der Waals surface area contributed by atoms with E-state index >= 15 is 0 Å². The summed E-state index contributed by atoms with van der Waals surface area (Å²) in [5.41, 5.74) is 4.80. The van der Waals surface area contributed by atoms with E-state index in [4.69, 9.17) is 9.97 Å². The summed E-state index contributed by atoms with van der Waals surface area (Å²) in [6, 6.07) is 7.86. The van der Waals surface area contributed by atoms with Gasteiger partial charge in [-0.15, -0.1) is 0 Å². The number of nitrogens with zero attached hydrogens (tertiary/aromatic N) is 3. The van der Waals surface area contributed by atoms with E-state index in [0.29, 0.717) is 18.7 Å². The van der Waals surface area contributed by atoms with Crippen molar-refractivity contribution >= 4 is 22.8 Å². The fourth-order valence-electron chi connectivity index (χ4n) is 3.77. The number of hydrogen-bond acceptors (Lipinski definition) is 5. The van der Waals surface area contributed by atoms with Gasteiger partial charge < -0.3 is 20.3 Å². The predicted octanol–water partition coefficient (Wildman–Crippen LogP) is 3.28. The van der Waals surface area contributed by atoms with Gasteiger partial charge in [-0.1, -0.05) is 12.1 Å². The van der Waals surface area contributed by atoms with Crippen molar-refractivity contribution in [1.29, 1.82) is 0 Å². The molecule has 2 aromatic heterocycles. The highest BCUT2D eigenvalue weighted by atomic mass is 16.3. The van der Waals surface area contributed by atoms with Gasteiger partial charge in [-0.3, -0.25) is 4.79 Å². The van der Waals surface area contributed by atoms with Crippen LogP contribution in [0.15, 0.2) is 30.5 Å². The zero-order valence-electron chi connectivity index (χ0n) is 17.3. The quantitative estimate of drug-likeness (QED) is 0.633. The minimum absolute atomic E-state index is 0.0443. The molecule has 4 rings (SSSR count). The Balaban J connectivity index is 1.85. The van der Waals surface area contributed by atoms with Gasteiger partial charge in [0.15, 0.2) is 0 Å². The molecule has 1 aromatic carbocycles. The van der Waals surface area contributed by atoms with Gasteiger partial charge in [0.1, 0.15) is 11.5 Å². The van der Waals surface area contributed by atoms with E-state index in [2.05, 4.69) is 31.4 Å². The van der Waals surface area contributed by atoms with Gasteiger partial charge in [-0.25, -0.2) is 9.97 Å². The van der Waals surface area contributed by atoms with Crippen molar-refractivity contribution in [3.05, 3.63) is 41.9 Å². The van der Waals surface area contributed by atoms with Gasteiger partial charge in [-0.05, 0) is 46.2 Å². The van der Waals surface area contributed by atoms with Crippen molar-refractivity contribution in [2.75, 3.05) is 18.5 Å². The lowest BCUT2D eigenvalue weighted by Crippen LogP contribution is -2.38. The smallest absolute Gasteiger partial charge is 0.268 e. The first-order valence-corrected chi connectivity index (χ1v) is 9.93. The maximum Gasteiger partial charge on any atom is 0.268 e. The average Bonchev–Trinajstić information content (AvgIpc) is 3.09. The van der Waals surface area contributed by atoms with Crippen molar-refractivity contribution in [3.8, 4) is 11.1 Å². The molecular formula is C22H27N5O2. The molecule has 0 bridgehead atoms. The molecule has 7 heteroatoms. The molecule has 1 amide bonds. The summed E-state index contributed by atoms with van der Waals surface area (Å²) in [6.07, 6.45) is 2.58. The normalized spacial score (nSPS) is 16.6. The number of anilines is 1. The third-order valence-electron chi connectivity index (χ3n) is 5.11. The number of fused-ring (bicyclic) bond motifs is 2. The Labute approximate surface area is 170 Å². The van der Waals surface area contributed by atoms with Crippen molar-refractivity contribution in [2.45, 2.75) is 45.7 Å². The highest BCUT2D eigenvalue weighted by molar-refractivity contribution is 5.98. The zero-order chi connectivity index (χ0) is 20.8. The van der Waals surface area contributed by atoms with Crippen LogP contribution >= 0.6 is 0 Å². The molecule has 3 N–H and O–H groups in total. The van der Waals surface area contributed by atoms with Crippen molar-refractivity contribution < 1.29 is 9.90 Å². The summed E-state index contributed by atoms with van der Waals surface area (Å²) in [6.45, 7) is 8.82. The molecule has 0 saturated carbocycles. The largest absolute Gasteiger partial charge is 0.396 e. The lowest BCUT2D eigenvalue weighted by Gasteiger charge is -2.25. The van der Waals surface area contributed by atoms with E-state index in [1.165, 1.54) is 0 Å². The molecule has 1 unspecified atom stereocenters. The Bertz CT molecular complexity index is 1080. The lowest BCUT2D eigenvalue weighted by atomic mass is 10.1. The van der Waals surface area contributed by atoms with Crippen LogP contribution in [-0.4, -0.2) is 44.2 Å². The maximum absolute atomic E-state index is 12.4. The summed E-state index contributed by atoms with van der Waals surface area (Å²) >= 11 is 0. The minimum atomic E-state index is -0.132. The first-order valence-electron chi connectivity index (χ1n) is 9.93. The fraction of sp³-hybridized carbons (Fsp3) is 0.409. The van der Waals surface area contributed by atoms with Crippen LogP contribution in [0.4, 0.5) is 5.82 Å². The van der Waals surface area contributed by atoms with Crippen LogP contribution in [0, 0.1) is 6.92 Å². The lowest BCUT2D eigenvalue weighted by molar-refractivity contribution is 0.0907. The Morgan fingerprint density at radius 3 is 2.83 bits per heavy atom. The van der Waals surface area contributed by atoms with E-state index < -0.39 is 0 Å². The van der Waals surface area contributed by atoms with Crippen LogP contribution in [0.1, 0.15) is 49.4 Å². The van der Waals surface area contributed by atoms with Gasteiger partial charge in [0.2, 0.25) is 0 Å². The van der Waals surface area contributed by atoms with Crippen LogP contribution in [0.2, 0.25) is 0 Å². The summed E-state index contributed by atoms with van der Waals surface area (Å²) < 4.78 is 1.97. The zero-order valence-corrected chi connectivity index (χ0v) is 17.3. The number of carbonyl (C=O) groups excluding carboxylic acids is 1. The second-order valence-corrected chi connectivity index (χ2v) is 8.60. The van der Waals surface area contributed by atoms with E-state index in [9.17, 15) is 9.90 Å². The Kier molecular flexibility index (Phi) is 4.78. The standard InChI is InChI=1S/C22H27N5O2/c1-13-20(26-22(2,3)4)25-19-16(6-5-7-17(19)24-13)14-10-18-21(29)23-11-15(8-9-28)27(18)12-14/h5-7,10,12,15,28H,8-9,11H2,1-4H3,(H,23,29)(H,25,26). The molecule has 0 fully saturated rings. The van der Waals surface area contributed by atoms with Crippen LogP contribution in [0.3, 0.4) is 0 Å². The molecule has 0 saturated heterocycles. The number of para-hydroxylation sites is 1. The van der Waals surface area contributed by atoms with Gasteiger partial charge >= 0.3 is 0 Å². The topological polar surface area (TPSA) is 92.1 Å². The third-order valence-corrected chi connectivity index (χ3v) is 5.11. The Morgan fingerprint density at radius 1 is 1.31 bits per heavy atom. The highest BCUT2D eigenvalue weighted by Gasteiger charge is 2.26. The Hall–Kier alpha value is -2.93. The van der Waals surface area contributed by atoms with Crippen LogP contribution in [0.25, 0.3) is 22.2 Å². The van der Waals surface area contributed by atoms with Gasteiger partial charge in [0.25, 0.3) is 5.91 Å². The summed E-state index contributed by atoms with van der Waals surface area (Å²) in [5, 5.41) is 15.7. The number of aromatic nitrogens is 3. The average molecular weight is 393 g/mol. The number of nitrogens with one attached hydrogen (secondary N) is 2. The second-order valence-electron chi connectivity index (χ2n) is 8.60. The van der Waals surface area contributed by atoms with E-state index in [1.54, 1.807) is 0 Å². The molecular weight excluding hydrogens is 366 g/mol. The molecule has 0 aliphatic carbocycles. The maximum atomic E-state index is 12.4. The molecule has 3 heterocycles. The van der Waals surface area contributed by atoms with Gasteiger partial charge in [0.05, 0.1) is 22.8 Å². The van der Waals surface area contributed by atoms with Crippen molar-refractivity contribution in [2.24, 2.45) is 0 Å². The van der Waals surface area contributed by atoms with E-state index in [1.807, 2.05) is 42.0 Å². The SMILES string of the molecule is Cc1nc2cccc(-c3cc4n(c3)C(CCO)CNC4=O)c2nc1NC(C)(C)C. The van der Waals surface area contributed by atoms with Gasteiger partial charge in [0, 0.05) is 36.0 Å². The molecule has 1 aliphatic heterocycles. The van der Waals surface area contributed by atoms with Crippen molar-refractivity contribution in [3.63, 3.8) is 0 Å². The summed E-state index contributed by atoms with van der Waals surface area (Å²) in [4.78, 5) is 22.0. The molecule has 0 spiro atoms. The number of aliphatic hydroxyl groups is 1. The molecule has 152 valence electrons. The first-order chi connectivity index (χ1) is 13.8. The number of rotatable bonds is 4. The third kappa shape index (κ3) is 3.70. The van der Waals surface area contributed by atoms with E-state index in [0.717, 1.165) is 33.7 Å². The molecule has 3 aromatic rings. The van der Waals surface area contributed by atoms with Crippen LogP contribution in [-0.2, 0) is 0 Å². The number of aryl methyl sites for hydroxylation is 1. The van der Waals surface area contributed by atoms with Crippen molar-refractivity contribution in [1.82, 2.24) is 19.9 Å².